The Balaban J connectivity index is 1.76. The zero-order valence-corrected chi connectivity index (χ0v) is 15.9. The Labute approximate surface area is 157 Å². The molecule has 2 atom stereocenters. The average Bonchev–Trinajstić information content (AvgIpc) is 2.54. The second-order valence-electron chi connectivity index (χ2n) is 6.31. The van der Waals surface area contributed by atoms with Crippen LogP contribution in [0.1, 0.15) is 37.0 Å². The number of alkyl halides is 3. The van der Waals surface area contributed by atoms with Crippen molar-refractivity contribution in [2.75, 3.05) is 6.61 Å². The fourth-order valence-corrected chi connectivity index (χ4v) is 4.43. The van der Waals surface area contributed by atoms with Crippen LogP contribution in [0.25, 0.3) is 0 Å². The molecule has 0 radical (unpaired) electrons. The number of benzene rings is 1. The van der Waals surface area contributed by atoms with Gasteiger partial charge in [-0.25, -0.2) is 4.98 Å². The fourth-order valence-electron chi connectivity index (χ4n) is 2.88. The Morgan fingerprint density at radius 2 is 2.08 bits per heavy atom. The van der Waals surface area contributed by atoms with Gasteiger partial charge in [-0.05, 0) is 65.5 Å². The first-order valence-electron chi connectivity index (χ1n) is 7.85. The summed E-state index contributed by atoms with van der Waals surface area (Å²) in [5, 5.41) is 0. The molecule has 7 heteroatoms. The third kappa shape index (κ3) is 4.77. The highest BCUT2D eigenvalue weighted by molar-refractivity contribution is 9.10. The van der Waals surface area contributed by atoms with Crippen LogP contribution in [0.4, 0.5) is 13.2 Å². The Bertz CT molecular complexity index is 738. The van der Waals surface area contributed by atoms with E-state index < -0.39 is 11.7 Å². The van der Waals surface area contributed by atoms with Gasteiger partial charge in [0.25, 0.3) is 0 Å². The Hall–Kier alpha value is -1.05. The number of hydrogen-bond donors (Lipinski definition) is 0. The van der Waals surface area contributed by atoms with E-state index in [2.05, 4.69) is 27.8 Å². The summed E-state index contributed by atoms with van der Waals surface area (Å²) in [6, 6.07) is 9.35. The summed E-state index contributed by atoms with van der Waals surface area (Å²) < 4.78 is 45.2. The topological polar surface area (TPSA) is 22.1 Å². The Morgan fingerprint density at radius 1 is 1.28 bits per heavy atom. The number of hydrogen-bond acceptors (Lipinski definition) is 3. The molecule has 0 amide bonds. The highest BCUT2D eigenvalue weighted by Crippen LogP contribution is 2.46. The van der Waals surface area contributed by atoms with E-state index in [4.69, 9.17) is 4.74 Å². The highest BCUT2D eigenvalue weighted by atomic mass is 79.9. The lowest BCUT2D eigenvalue weighted by molar-refractivity contribution is -0.137. The van der Waals surface area contributed by atoms with Crippen molar-refractivity contribution in [3.8, 4) is 0 Å². The summed E-state index contributed by atoms with van der Waals surface area (Å²) in [6.45, 7) is 2.66. The van der Waals surface area contributed by atoms with Gasteiger partial charge in [-0.1, -0.05) is 12.1 Å². The van der Waals surface area contributed by atoms with Crippen LogP contribution in [0.15, 0.2) is 52.1 Å². The van der Waals surface area contributed by atoms with Crippen molar-refractivity contribution in [3.63, 3.8) is 0 Å². The quantitative estimate of drug-likeness (QED) is 0.534. The predicted octanol–water partition coefficient (Wildman–Crippen LogP) is 6.27. The van der Waals surface area contributed by atoms with Crippen LogP contribution in [-0.2, 0) is 10.9 Å². The van der Waals surface area contributed by atoms with Crippen LogP contribution in [0.5, 0.6) is 0 Å². The van der Waals surface area contributed by atoms with E-state index in [9.17, 15) is 13.2 Å². The molecule has 1 fully saturated rings. The minimum Gasteiger partial charge on any atom is -0.373 e. The molecular weight excluding hydrogens is 415 g/mol. The number of halogens is 4. The van der Waals surface area contributed by atoms with Gasteiger partial charge in [0.1, 0.15) is 4.60 Å². The van der Waals surface area contributed by atoms with E-state index in [-0.39, 0.29) is 10.9 Å². The predicted molar refractivity (Wildman–Crippen MR) is 95.6 cm³/mol. The lowest BCUT2D eigenvalue weighted by Crippen LogP contribution is -2.31. The summed E-state index contributed by atoms with van der Waals surface area (Å²) in [5.74, 6) is 0. The number of pyridine rings is 1. The molecule has 2 aromatic rings. The minimum atomic E-state index is -4.32. The minimum absolute atomic E-state index is 0.0994. The number of thioether (sulfide) groups is 1. The van der Waals surface area contributed by atoms with Crippen LogP contribution in [-0.4, -0.2) is 16.3 Å². The third-order valence-electron chi connectivity index (χ3n) is 4.21. The van der Waals surface area contributed by atoms with Crippen LogP contribution < -0.4 is 0 Å². The number of aromatic nitrogens is 1. The molecule has 3 rings (SSSR count). The normalized spacial score (nSPS) is 24.3. The monoisotopic (exact) mass is 431 g/mol. The molecule has 25 heavy (non-hydrogen) atoms. The summed E-state index contributed by atoms with van der Waals surface area (Å²) in [7, 11) is 0. The Kier molecular flexibility index (Phi) is 5.46. The first-order valence-corrected chi connectivity index (χ1v) is 9.45. The van der Waals surface area contributed by atoms with Crippen LogP contribution in [0.2, 0.25) is 0 Å². The maximum Gasteiger partial charge on any atom is 0.416 e. The van der Waals surface area contributed by atoms with E-state index in [0.29, 0.717) is 11.5 Å². The van der Waals surface area contributed by atoms with Crippen molar-refractivity contribution >= 4 is 27.7 Å². The van der Waals surface area contributed by atoms with Gasteiger partial charge in [0.15, 0.2) is 0 Å². The molecule has 0 aliphatic carbocycles. The van der Waals surface area contributed by atoms with Crippen molar-refractivity contribution < 1.29 is 17.9 Å². The SMILES string of the molecule is CC1(Sc2cccc(C(F)(F)F)c2)CCOC(c2ccc(Br)nc2)C1. The van der Waals surface area contributed by atoms with E-state index >= 15 is 0 Å². The third-order valence-corrected chi connectivity index (χ3v) is 6.04. The molecule has 2 heterocycles. The highest BCUT2D eigenvalue weighted by Gasteiger charge is 2.36. The maximum absolute atomic E-state index is 12.9. The lowest BCUT2D eigenvalue weighted by Gasteiger charge is -2.38. The number of nitrogens with zero attached hydrogens (tertiary/aromatic N) is 1. The summed E-state index contributed by atoms with van der Waals surface area (Å²) in [5.41, 5.74) is 0.376. The molecule has 0 spiro atoms. The second-order valence-corrected chi connectivity index (χ2v) is 8.78. The standard InChI is InChI=1S/C18H17BrF3NOS/c1-17(25-14-4-2-3-13(9-14)18(20,21)22)7-8-24-15(10-17)12-5-6-16(19)23-11-12/h2-6,9,11,15H,7-8,10H2,1H3. The maximum atomic E-state index is 12.9. The largest absolute Gasteiger partial charge is 0.416 e. The van der Waals surface area contributed by atoms with Crippen LogP contribution in [0.3, 0.4) is 0 Å². The lowest BCUT2D eigenvalue weighted by atomic mass is 9.93. The molecule has 0 N–H and O–H groups in total. The molecular formula is C18H17BrF3NOS. The molecule has 1 aliphatic rings. The van der Waals surface area contributed by atoms with E-state index in [1.165, 1.54) is 23.9 Å². The van der Waals surface area contributed by atoms with Gasteiger partial charge < -0.3 is 4.74 Å². The molecule has 1 aromatic heterocycles. The second kappa shape index (κ2) is 7.29. The molecule has 2 unspecified atom stereocenters. The van der Waals surface area contributed by atoms with Gasteiger partial charge >= 0.3 is 6.18 Å². The van der Waals surface area contributed by atoms with Crippen molar-refractivity contribution in [3.05, 3.63) is 58.3 Å². The molecule has 0 saturated carbocycles. The van der Waals surface area contributed by atoms with Gasteiger partial charge in [-0.15, -0.1) is 11.8 Å². The first-order chi connectivity index (χ1) is 11.8. The smallest absolute Gasteiger partial charge is 0.373 e. The van der Waals surface area contributed by atoms with Gasteiger partial charge in [-0.3, -0.25) is 0 Å². The number of ether oxygens (including phenoxy) is 1. The van der Waals surface area contributed by atoms with E-state index in [0.717, 1.165) is 29.1 Å². The molecule has 1 saturated heterocycles. The van der Waals surface area contributed by atoms with E-state index in [1.54, 1.807) is 12.3 Å². The van der Waals surface area contributed by atoms with E-state index in [1.807, 2.05) is 12.1 Å². The van der Waals surface area contributed by atoms with Gasteiger partial charge in [0.05, 0.1) is 11.7 Å². The summed E-state index contributed by atoms with van der Waals surface area (Å²) in [4.78, 5) is 4.86. The molecule has 1 aliphatic heterocycles. The van der Waals surface area contributed by atoms with Crippen molar-refractivity contribution in [1.82, 2.24) is 4.98 Å². The Morgan fingerprint density at radius 3 is 2.76 bits per heavy atom. The van der Waals surface area contributed by atoms with Crippen LogP contribution in [0, 0.1) is 0 Å². The van der Waals surface area contributed by atoms with Crippen LogP contribution >= 0.6 is 27.7 Å². The first kappa shape index (κ1) is 18.7. The average molecular weight is 432 g/mol. The van der Waals surface area contributed by atoms with Gasteiger partial charge in [0.2, 0.25) is 0 Å². The van der Waals surface area contributed by atoms with Gasteiger partial charge in [-0.2, -0.15) is 13.2 Å². The fraction of sp³-hybridized carbons (Fsp3) is 0.389. The van der Waals surface area contributed by atoms with Crippen molar-refractivity contribution in [1.29, 1.82) is 0 Å². The molecule has 0 bridgehead atoms. The summed E-state index contributed by atoms with van der Waals surface area (Å²) in [6.07, 6.45) is -1.14. The zero-order valence-electron chi connectivity index (χ0n) is 13.5. The van der Waals surface area contributed by atoms with Crippen molar-refractivity contribution in [2.45, 2.75) is 41.7 Å². The zero-order chi connectivity index (χ0) is 18.1. The van der Waals surface area contributed by atoms with Crippen molar-refractivity contribution in [2.24, 2.45) is 0 Å². The molecule has 134 valence electrons. The number of rotatable bonds is 3. The summed E-state index contributed by atoms with van der Waals surface area (Å²) >= 11 is 4.80. The van der Waals surface area contributed by atoms with Gasteiger partial charge in [0, 0.05) is 22.4 Å². The molecule has 2 nitrogen and oxygen atoms in total. The molecule has 1 aromatic carbocycles.